The maximum Gasteiger partial charge on any atom is -0.00928 e. The molecule has 0 N–H and O–H groups in total. The van der Waals surface area contributed by atoms with Crippen molar-refractivity contribution in [2.75, 3.05) is 0 Å². The molecule has 12 rings (SSSR count). The minimum Gasteiger partial charge on any atom is -0.0616 e. The van der Waals surface area contributed by atoms with Crippen LogP contribution in [0.5, 0.6) is 0 Å². The second kappa shape index (κ2) is 11.2. The molecule has 0 aliphatic heterocycles. The van der Waals surface area contributed by atoms with Gasteiger partial charge in [-0.05, 0) is 143 Å². The van der Waals surface area contributed by atoms with Gasteiger partial charge in [0.2, 0.25) is 0 Å². The van der Waals surface area contributed by atoms with Crippen LogP contribution >= 0.6 is 0 Å². The third kappa shape index (κ3) is 4.32. The molecule has 0 atom stereocenters. The van der Waals surface area contributed by atoms with Gasteiger partial charge in [-0.3, -0.25) is 0 Å². The summed E-state index contributed by atoms with van der Waals surface area (Å²) in [7, 11) is 0. The van der Waals surface area contributed by atoms with E-state index >= 15 is 0 Å². The van der Waals surface area contributed by atoms with Crippen LogP contribution in [0, 0.1) is 0 Å². The average Bonchev–Trinajstić information content (AvgIpc) is 3.25. The quantitative estimate of drug-likeness (QED) is 0.159. The molecule has 0 radical (unpaired) electrons. The van der Waals surface area contributed by atoms with Crippen LogP contribution in [0.1, 0.15) is 0 Å². The lowest BCUT2D eigenvalue weighted by Crippen LogP contribution is -1.87. The molecule has 0 fully saturated rings. The van der Waals surface area contributed by atoms with E-state index in [9.17, 15) is 0 Å². The monoisotopic (exact) mass is 680 g/mol. The zero-order chi connectivity index (χ0) is 35.3. The van der Waals surface area contributed by atoms with Crippen molar-refractivity contribution >= 4 is 97.0 Å². The first-order chi connectivity index (χ1) is 26.7. The predicted octanol–water partition coefficient (Wildman–Crippen LogP) is 15.4. The van der Waals surface area contributed by atoms with Crippen molar-refractivity contribution in [1.82, 2.24) is 0 Å². The Hall–Kier alpha value is -7.02. The molecule has 0 unspecified atom stereocenters. The van der Waals surface area contributed by atoms with E-state index in [-0.39, 0.29) is 0 Å². The van der Waals surface area contributed by atoms with Crippen LogP contribution < -0.4 is 0 Å². The maximum absolute atomic E-state index is 2.41. The fourth-order valence-corrected chi connectivity index (χ4v) is 9.31. The zero-order valence-electron chi connectivity index (χ0n) is 29.5. The van der Waals surface area contributed by atoms with Gasteiger partial charge in [-0.15, -0.1) is 0 Å². The van der Waals surface area contributed by atoms with Crippen molar-refractivity contribution in [3.05, 3.63) is 194 Å². The van der Waals surface area contributed by atoms with Crippen molar-refractivity contribution in [3.63, 3.8) is 0 Å². The van der Waals surface area contributed by atoms with E-state index in [0.29, 0.717) is 0 Å². The summed E-state index contributed by atoms with van der Waals surface area (Å²) < 4.78 is 0. The molecular weight excluding hydrogens is 649 g/mol. The van der Waals surface area contributed by atoms with E-state index < -0.39 is 0 Å². The number of hydrogen-bond donors (Lipinski definition) is 0. The fourth-order valence-electron chi connectivity index (χ4n) is 9.31. The number of benzene rings is 12. The second-order valence-electron chi connectivity index (χ2n) is 14.8. The molecule has 0 heterocycles. The summed E-state index contributed by atoms with van der Waals surface area (Å²) in [5.74, 6) is 0. The summed E-state index contributed by atoms with van der Waals surface area (Å²) in [6.45, 7) is 0. The molecule has 0 saturated heterocycles. The zero-order valence-corrected chi connectivity index (χ0v) is 29.5. The Kier molecular flexibility index (Phi) is 6.15. The smallest absolute Gasteiger partial charge is 0.00928 e. The van der Waals surface area contributed by atoms with Gasteiger partial charge in [0.15, 0.2) is 0 Å². The molecule has 54 heavy (non-hydrogen) atoms. The Labute approximate surface area is 312 Å². The van der Waals surface area contributed by atoms with Gasteiger partial charge in [0, 0.05) is 0 Å². The van der Waals surface area contributed by atoms with Crippen LogP contribution in [0.2, 0.25) is 0 Å². The van der Waals surface area contributed by atoms with E-state index in [1.165, 1.54) is 119 Å². The van der Waals surface area contributed by atoms with E-state index in [2.05, 4.69) is 194 Å². The Morgan fingerprint density at radius 2 is 0.389 bits per heavy atom. The summed E-state index contributed by atoms with van der Waals surface area (Å²) in [5.41, 5.74) is 4.95. The molecule has 0 aliphatic carbocycles. The van der Waals surface area contributed by atoms with E-state index in [1.54, 1.807) is 0 Å². The number of hydrogen-bond acceptors (Lipinski definition) is 0. The van der Waals surface area contributed by atoms with Gasteiger partial charge in [-0.1, -0.05) is 170 Å². The molecule has 12 aromatic carbocycles. The van der Waals surface area contributed by atoms with Gasteiger partial charge in [0.1, 0.15) is 0 Å². The van der Waals surface area contributed by atoms with Crippen molar-refractivity contribution < 1.29 is 0 Å². The highest BCUT2D eigenvalue weighted by atomic mass is 14.2. The van der Waals surface area contributed by atoms with E-state index in [4.69, 9.17) is 0 Å². The summed E-state index contributed by atoms with van der Waals surface area (Å²) in [6.07, 6.45) is 0. The summed E-state index contributed by atoms with van der Waals surface area (Å²) in [5, 5.41) is 23.2. The number of fused-ring (bicyclic) bond motifs is 16. The Morgan fingerprint density at radius 3 is 0.815 bits per heavy atom. The van der Waals surface area contributed by atoms with Gasteiger partial charge < -0.3 is 0 Å². The third-order valence-corrected chi connectivity index (χ3v) is 12.0. The van der Waals surface area contributed by atoms with Crippen LogP contribution in [0.4, 0.5) is 0 Å². The van der Waals surface area contributed by atoms with Gasteiger partial charge >= 0.3 is 0 Å². The van der Waals surface area contributed by atoms with Crippen LogP contribution in [0.15, 0.2) is 194 Å². The Balaban J connectivity index is 1.02. The highest BCUT2D eigenvalue weighted by Crippen LogP contribution is 2.41. The highest BCUT2D eigenvalue weighted by molar-refractivity contribution is 6.27. The molecule has 248 valence electrons. The van der Waals surface area contributed by atoms with Crippen LogP contribution in [-0.4, -0.2) is 0 Å². The lowest BCUT2D eigenvalue weighted by molar-refractivity contribution is 1.68. The van der Waals surface area contributed by atoms with E-state index in [0.717, 1.165) is 0 Å². The van der Waals surface area contributed by atoms with Crippen LogP contribution in [0.25, 0.3) is 119 Å². The van der Waals surface area contributed by atoms with Gasteiger partial charge in [-0.25, -0.2) is 0 Å². The summed E-state index contributed by atoms with van der Waals surface area (Å²) >= 11 is 0. The molecule has 0 bridgehead atoms. The molecular formula is C54H32. The molecule has 0 spiro atoms. The average molecular weight is 681 g/mol. The maximum atomic E-state index is 2.41. The lowest BCUT2D eigenvalue weighted by atomic mass is 9.89. The van der Waals surface area contributed by atoms with E-state index in [1.807, 2.05) is 0 Å². The molecule has 12 aromatic rings. The topological polar surface area (TPSA) is 0 Å². The van der Waals surface area contributed by atoms with Crippen molar-refractivity contribution in [2.45, 2.75) is 0 Å². The molecule has 0 amide bonds. The first-order valence-electron chi connectivity index (χ1n) is 18.8. The minimum atomic E-state index is 1.24. The largest absolute Gasteiger partial charge is 0.0616 e. The SMILES string of the molecule is c1ccc2c(c1)ccc1c3cc(-c4ccc5c6ccc(-c7ccc8ccc9c%10ccccc%10ccc9c8c7)cc6c6ccccc6c5c4)ccc3ccc21. The van der Waals surface area contributed by atoms with Gasteiger partial charge in [0.05, 0.1) is 0 Å². The van der Waals surface area contributed by atoms with Gasteiger partial charge in [0.25, 0.3) is 0 Å². The molecule has 0 heteroatoms. The summed E-state index contributed by atoms with van der Waals surface area (Å²) in [6, 6.07) is 72.5. The second-order valence-corrected chi connectivity index (χ2v) is 14.8. The molecule has 0 aromatic heterocycles. The fraction of sp³-hybridized carbons (Fsp3) is 0. The molecule has 0 nitrogen and oxygen atoms in total. The van der Waals surface area contributed by atoms with Crippen molar-refractivity contribution in [1.29, 1.82) is 0 Å². The normalized spacial score (nSPS) is 12.1. The number of rotatable bonds is 2. The Morgan fingerprint density at radius 1 is 0.148 bits per heavy atom. The van der Waals surface area contributed by atoms with Gasteiger partial charge in [-0.2, -0.15) is 0 Å². The Bertz CT molecular complexity index is 3290. The summed E-state index contributed by atoms with van der Waals surface area (Å²) in [4.78, 5) is 0. The lowest BCUT2D eigenvalue weighted by Gasteiger charge is -2.14. The van der Waals surface area contributed by atoms with Crippen molar-refractivity contribution in [3.8, 4) is 22.3 Å². The first kappa shape index (κ1) is 29.5. The first-order valence-corrected chi connectivity index (χ1v) is 18.8. The molecule has 0 saturated carbocycles. The third-order valence-electron chi connectivity index (χ3n) is 12.0. The minimum absolute atomic E-state index is 1.24. The van der Waals surface area contributed by atoms with Crippen molar-refractivity contribution in [2.24, 2.45) is 0 Å². The van der Waals surface area contributed by atoms with Crippen LogP contribution in [0.3, 0.4) is 0 Å². The van der Waals surface area contributed by atoms with Crippen LogP contribution in [-0.2, 0) is 0 Å². The standard InChI is InChI=1S/C54H32/c1-3-9-41-33(7-1)17-25-47-45(41)23-19-35-13-15-37(29-51(35)47)39-21-27-49-50-28-22-40(32-54(50)44-12-6-5-11-43(44)53(49)31-39)38-16-14-36-20-24-46-42-10-4-2-8-34(42)18-26-48(46)52(36)30-38/h1-32H. The highest BCUT2D eigenvalue weighted by Gasteiger charge is 2.14. The molecule has 0 aliphatic rings. The predicted molar refractivity (Wildman–Crippen MR) is 235 cm³/mol.